The van der Waals surface area contributed by atoms with Gasteiger partial charge in [0, 0.05) is 16.8 Å². The Balaban J connectivity index is 1.76. The highest BCUT2D eigenvalue weighted by Crippen LogP contribution is 2.28. The van der Waals surface area contributed by atoms with Crippen molar-refractivity contribution < 1.29 is 9.53 Å². The van der Waals surface area contributed by atoms with E-state index in [1.165, 1.54) is 11.8 Å². The van der Waals surface area contributed by atoms with Gasteiger partial charge in [0.2, 0.25) is 0 Å². The number of carbonyl (C=O) groups is 1. The minimum absolute atomic E-state index is 0.185. The lowest BCUT2D eigenvalue weighted by Crippen LogP contribution is -2.13. The predicted octanol–water partition coefficient (Wildman–Crippen LogP) is 4.88. The molecule has 0 saturated heterocycles. The number of nitrogens with one attached hydrogen (secondary N) is 1. The van der Waals surface area contributed by atoms with E-state index < -0.39 is 0 Å². The summed E-state index contributed by atoms with van der Waals surface area (Å²) in [4.78, 5) is 18.0. The summed E-state index contributed by atoms with van der Waals surface area (Å²) in [5, 5.41) is 3.58. The fourth-order valence-corrected chi connectivity index (χ4v) is 3.15. The monoisotopic (exact) mass is 350 g/mol. The molecule has 1 aromatic heterocycles. The number of hydrogen-bond acceptors (Lipinski definition) is 4. The van der Waals surface area contributed by atoms with Crippen LogP contribution in [0.3, 0.4) is 0 Å². The number of nitrogens with zero attached hydrogens (tertiary/aromatic N) is 1. The lowest BCUT2D eigenvalue weighted by molar-refractivity contribution is 0.102. The summed E-state index contributed by atoms with van der Waals surface area (Å²) in [6.45, 7) is 2.55. The third-order valence-corrected chi connectivity index (χ3v) is 4.42. The molecule has 126 valence electrons. The van der Waals surface area contributed by atoms with Crippen LogP contribution in [0, 0.1) is 0 Å². The lowest BCUT2D eigenvalue weighted by Gasteiger charge is -2.10. The molecule has 3 aromatic rings. The van der Waals surface area contributed by atoms with Gasteiger partial charge in [0.1, 0.15) is 10.8 Å². The molecule has 0 fully saturated rings. The Morgan fingerprint density at radius 2 is 1.80 bits per heavy atom. The summed E-state index contributed by atoms with van der Waals surface area (Å²) in [5.41, 5.74) is 1.26. The van der Waals surface area contributed by atoms with Crippen molar-refractivity contribution >= 4 is 23.4 Å². The van der Waals surface area contributed by atoms with Crippen LogP contribution in [-0.2, 0) is 0 Å². The van der Waals surface area contributed by atoms with E-state index in [0.717, 1.165) is 10.6 Å². The summed E-state index contributed by atoms with van der Waals surface area (Å²) in [6, 6.07) is 20.7. The van der Waals surface area contributed by atoms with Crippen molar-refractivity contribution in [2.24, 2.45) is 0 Å². The van der Waals surface area contributed by atoms with Crippen LogP contribution in [-0.4, -0.2) is 17.5 Å². The Bertz CT molecular complexity index is 836. The topological polar surface area (TPSA) is 51.2 Å². The normalized spacial score (nSPS) is 10.3. The van der Waals surface area contributed by atoms with Gasteiger partial charge in [-0.15, -0.1) is 0 Å². The third kappa shape index (κ3) is 4.61. The quantitative estimate of drug-likeness (QED) is 0.688. The van der Waals surface area contributed by atoms with E-state index in [2.05, 4.69) is 10.3 Å². The van der Waals surface area contributed by atoms with Gasteiger partial charge in [-0.3, -0.25) is 4.79 Å². The van der Waals surface area contributed by atoms with Gasteiger partial charge in [-0.25, -0.2) is 4.98 Å². The zero-order valence-electron chi connectivity index (χ0n) is 13.8. The van der Waals surface area contributed by atoms with Crippen molar-refractivity contribution in [3.05, 3.63) is 78.5 Å². The van der Waals surface area contributed by atoms with Crippen molar-refractivity contribution in [3.8, 4) is 5.75 Å². The highest BCUT2D eigenvalue weighted by Gasteiger charge is 2.13. The number of rotatable bonds is 6. The van der Waals surface area contributed by atoms with Gasteiger partial charge in [-0.2, -0.15) is 0 Å². The fraction of sp³-hybridized carbons (Fsp3) is 0.100. The zero-order valence-corrected chi connectivity index (χ0v) is 14.6. The van der Waals surface area contributed by atoms with Crippen LogP contribution < -0.4 is 10.1 Å². The van der Waals surface area contributed by atoms with Crippen molar-refractivity contribution in [3.63, 3.8) is 0 Å². The standard InChI is InChI=1S/C20H18N2O2S/c1-2-24-16-12-10-15(11-13-16)22-19(23)18-9-6-14-21-20(18)25-17-7-4-3-5-8-17/h3-14H,2H2,1H3,(H,22,23). The molecule has 2 aromatic carbocycles. The molecule has 4 nitrogen and oxygen atoms in total. The highest BCUT2D eigenvalue weighted by molar-refractivity contribution is 7.99. The maximum absolute atomic E-state index is 12.6. The van der Waals surface area contributed by atoms with E-state index in [1.54, 1.807) is 18.3 Å². The number of carbonyl (C=O) groups excluding carboxylic acids is 1. The van der Waals surface area contributed by atoms with Crippen molar-refractivity contribution in [1.82, 2.24) is 4.98 Å². The smallest absolute Gasteiger partial charge is 0.258 e. The van der Waals surface area contributed by atoms with E-state index >= 15 is 0 Å². The van der Waals surface area contributed by atoms with Gasteiger partial charge >= 0.3 is 0 Å². The van der Waals surface area contributed by atoms with Crippen molar-refractivity contribution in [1.29, 1.82) is 0 Å². The van der Waals surface area contributed by atoms with Gasteiger partial charge in [-0.1, -0.05) is 30.0 Å². The molecule has 0 spiro atoms. The molecule has 3 rings (SSSR count). The van der Waals surface area contributed by atoms with E-state index in [4.69, 9.17) is 4.74 Å². The molecule has 0 bridgehead atoms. The maximum Gasteiger partial charge on any atom is 0.258 e. The molecular formula is C20H18N2O2S. The van der Waals surface area contributed by atoms with Crippen LogP contribution in [0.2, 0.25) is 0 Å². The molecule has 1 N–H and O–H groups in total. The second-order valence-electron chi connectivity index (χ2n) is 5.18. The summed E-state index contributed by atoms with van der Waals surface area (Å²) in [7, 11) is 0. The molecule has 0 atom stereocenters. The Kier molecular flexibility index (Phi) is 5.69. The third-order valence-electron chi connectivity index (χ3n) is 3.40. The van der Waals surface area contributed by atoms with Crippen LogP contribution >= 0.6 is 11.8 Å². The first-order valence-electron chi connectivity index (χ1n) is 7.98. The summed E-state index contributed by atoms with van der Waals surface area (Å²) < 4.78 is 5.41. The van der Waals surface area contributed by atoms with Crippen LogP contribution in [0.4, 0.5) is 5.69 Å². The molecule has 0 aliphatic rings. The molecule has 1 amide bonds. The number of benzene rings is 2. The molecule has 0 unspecified atom stereocenters. The summed E-state index contributed by atoms with van der Waals surface area (Å²) >= 11 is 1.47. The number of ether oxygens (including phenoxy) is 1. The molecular weight excluding hydrogens is 332 g/mol. The first kappa shape index (κ1) is 17.0. The second-order valence-corrected chi connectivity index (χ2v) is 6.24. The van der Waals surface area contributed by atoms with E-state index in [9.17, 15) is 4.79 Å². The Labute approximate surface area is 151 Å². The number of anilines is 1. The van der Waals surface area contributed by atoms with Gasteiger partial charge in [0.15, 0.2) is 0 Å². The molecule has 0 saturated carbocycles. The SMILES string of the molecule is CCOc1ccc(NC(=O)c2cccnc2Sc2ccccc2)cc1. The Morgan fingerprint density at radius 3 is 2.52 bits per heavy atom. The minimum Gasteiger partial charge on any atom is -0.494 e. The number of amides is 1. The van der Waals surface area contributed by atoms with Gasteiger partial charge in [0.05, 0.1) is 12.2 Å². The van der Waals surface area contributed by atoms with Crippen LogP contribution in [0.5, 0.6) is 5.75 Å². The van der Waals surface area contributed by atoms with E-state index in [0.29, 0.717) is 22.9 Å². The molecule has 0 aliphatic carbocycles. The Hall–Kier alpha value is -2.79. The van der Waals surface area contributed by atoms with Crippen molar-refractivity contribution in [2.75, 3.05) is 11.9 Å². The number of aromatic nitrogens is 1. The largest absolute Gasteiger partial charge is 0.494 e. The first-order chi connectivity index (χ1) is 12.3. The second kappa shape index (κ2) is 8.35. The Morgan fingerprint density at radius 1 is 1.04 bits per heavy atom. The predicted molar refractivity (Wildman–Crippen MR) is 100 cm³/mol. The lowest BCUT2D eigenvalue weighted by atomic mass is 10.2. The average molecular weight is 350 g/mol. The molecule has 0 radical (unpaired) electrons. The van der Waals surface area contributed by atoms with Crippen LogP contribution in [0.25, 0.3) is 0 Å². The van der Waals surface area contributed by atoms with Crippen molar-refractivity contribution in [2.45, 2.75) is 16.8 Å². The maximum atomic E-state index is 12.6. The molecule has 5 heteroatoms. The van der Waals surface area contributed by atoms with E-state index in [-0.39, 0.29) is 5.91 Å². The van der Waals surface area contributed by atoms with Gasteiger partial charge in [-0.05, 0) is 55.5 Å². The summed E-state index contributed by atoms with van der Waals surface area (Å²) in [6.07, 6.45) is 1.69. The minimum atomic E-state index is -0.185. The van der Waals surface area contributed by atoms with Gasteiger partial charge in [0.25, 0.3) is 5.91 Å². The number of pyridine rings is 1. The van der Waals surface area contributed by atoms with E-state index in [1.807, 2.05) is 61.5 Å². The van der Waals surface area contributed by atoms with Gasteiger partial charge < -0.3 is 10.1 Å². The fourth-order valence-electron chi connectivity index (χ4n) is 2.24. The van der Waals surface area contributed by atoms with Crippen LogP contribution in [0.15, 0.2) is 82.8 Å². The summed E-state index contributed by atoms with van der Waals surface area (Å²) in [5.74, 6) is 0.595. The molecule has 25 heavy (non-hydrogen) atoms. The molecule has 0 aliphatic heterocycles. The first-order valence-corrected chi connectivity index (χ1v) is 8.80. The molecule has 1 heterocycles. The van der Waals surface area contributed by atoms with Crippen LogP contribution in [0.1, 0.15) is 17.3 Å². The zero-order chi connectivity index (χ0) is 17.5. The average Bonchev–Trinajstić information content (AvgIpc) is 2.65. The highest BCUT2D eigenvalue weighted by atomic mass is 32.2. The number of hydrogen-bond donors (Lipinski definition) is 1.